The molecule has 0 saturated carbocycles. The Labute approximate surface area is 173 Å². The fourth-order valence-corrected chi connectivity index (χ4v) is 3.10. The number of amides is 2. The van der Waals surface area contributed by atoms with E-state index in [2.05, 4.69) is 10.6 Å². The topological polar surface area (TPSA) is 159 Å². The van der Waals surface area contributed by atoms with Crippen molar-refractivity contribution in [1.82, 2.24) is 10.6 Å². The molecule has 6 N–H and O–H groups in total. The lowest BCUT2D eigenvalue weighted by molar-refractivity contribution is -0.147. The summed E-state index contributed by atoms with van der Waals surface area (Å²) < 4.78 is 0. The Kier molecular flexibility index (Phi) is 8.30. The van der Waals surface area contributed by atoms with E-state index in [-0.39, 0.29) is 19.4 Å². The third kappa shape index (κ3) is 6.56. The second-order valence-electron chi connectivity index (χ2n) is 6.86. The highest BCUT2D eigenvalue weighted by molar-refractivity contribution is 5.94. The number of carboxylic acids is 2. The van der Waals surface area contributed by atoms with Crippen LogP contribution < -0.4 is 16.4 Å². The highest BCUT2D eigenvalue weighted by Crippen LogP contribution is 2.19. The molecule has 0 saturated heterocycles. The fourth-order valence-electron chi connectivity index (χ4n) is 3.10. The second kappa shape index (κ2) is 10.9. The average molecular weight is 415 g/mol. The van der Waals surface area contributed by atoms with Crippen molar-refractivity contribution in [1.29, 1.82) is 0 Å². The van der Waals surface area contributed by atoms with Gasteiger partial charge in [0.1, 0.15) is 12.1 Å². The van der Waals surface area contributed by atoms with Crippen molar-refractivity contribution >= 4 is 34.5 Å². The molecule has 2 amide bonds. The summed E-state index contributed by atoms with van der Waals surface area (Å²) in [5.41, 5.74) is 6.28. The first-order valence-electron chi connectivity index (χ1n) is 9.53. The molecule has 0 aliphatic carbocycles. The summed E-state index contributed by atoms with van der Waals surface area (Å²) in [7, 11) is 0. The summed E-state index contributed by atoms with van der Waals surface area (Å²) in [6.07, 6.45) is -0.119. The zero-order valence-electron chi connectivity index (χ0n) is 16.3. The Morgan fingerprint density at radius 2 is 1.63 bits per heavy atom. The van der Waals surface area contributed by atoms with Crippen LogP contribution in [0.4, 0.5) is 0 Å². The summed E-state index contributed by atoms with van der Waals surface area (Å²) in [6.45, 7) is 0.278. The van der Waals surface area contributed by atoms with Gasteiger partial charge in [-0.15, -0.1) is 0 Å². The molecule has 30 heavy (non-hydrogen) atoms. The van der Waals surface area contributed by atoms with Crippen molar-refractivity contribution < 1.29 is 29.4 Å². The normalized spacial score (nSPS) is 12.7. The molecule has 0 aromatic heterocycles. The molecule has 0 bridgehead atoms. The van der Waals surface area contributed by atoms with E-state index in [4.69, 9.17) is 15.9 Å². The van der Waals surface area contributed by atoms with Crippen molar-refractivity contribution in [2.45, 2.75) is 37.8 Å². The highest BCUT2D eigenvalue weighted by atomic mass is 16.4. The van der Waals surface area contributed by atoms with Gasteiger partial charge in [0.15, 0.2) is 0 Å². The van der Waals surface area contributed by atoms with Gasteiger partial charge >= 0.3 is 11.9 Å². The number of carbonyl (C=O) groups is 4. The third-order valence-electron chi connectivity index (χ3n) is 4.57. The molecular formula is C21H25N3O6. The van der Waals surface area contributed by atoms with E-state index in [1.165, 1.54) is 0 Å². The van der Waals surface area contributed by atoms with Crippen LogP contribution in [0.15, 0.2) is 42.5 Å². The number of aliphatic carboxylic acids is 2. The van der Waals surface area contributed by atoms with Gasteiger partial charge in [0, 0.05) is 0 Å². The number of nitrogens with two attached hydrogens (primary N) is 1. The van der Waals surface area contributed by atoms with Gasteiger partial charge in [0.2, 0.25) is 11.8 Å². The van der Waals surface area contributed by atoms with Crippen LogP contribution in [0.5, 0.6) is 0 Å². The molecule has 0 aliphatic rings. The average Bonchev–Trinajstić information content (AvgIpc) is 2.70. The standard InChI is InChI=1S/C21H25N3O6/c22-10-4-9-16(20(28)24-17(21(29)30)12-19(26)27)23-18(25)11-14-7-3-6-13-5-1-2-8-15(13)14/h1-3,5-8,16-17H,4,9-12,22H2,(H,23,25)(H,24,28)(H,26,27)(H,29,30)/t16-,17-/m0/s1. The maximum absolute atomic E-state index is 12.6. The van der Waals surface area contributed by atoms with Gasteiger partial charge in [-0.2, -0.15) is 0 Å². The Hall–Kier alpha value is -3.46. The summed E-state index contributed by atoms with van der Waals surface area (Å²) >= 11 is 0. The Morgan fingerprint density at radius 3 is 2.30 bits per heavy atom. The van der Waals surface area contributed by atoms with E-state index in [1.54, 1.807) is 0 Å². The number of hydrogen-bond acceptors (Lipinski definition) is 5. The number of rotatable bonds is 11. The van der Waals surface area contributed by atoms with Crippen molar-refractivity contribution in [3.63, 3.8) is 0 Å². The lowest BCUT2D eigenvalue weighted by atomic mass is 10.0. The molecule has 2 aromatic carbocycles. The number of nitrogens with one attached hydrogen (secondary N) is 2. The monoisotopic (exact) mass is 415 g/mol. The van der Waals surface area contributed by atoms with E-state index in [1.807, 2.05) is 42.5 Å². The third-order valence-corrected chi connectivity index (χ3v) is 4.57. The Bertz CT molecular complexity index is 925. The van der Waals surface area contributed by atoms with E-state index in [9.17, 15) is 19.2 Å². The largest absolute Gasteiger partial charge is 0.481 e. The van der Waals surface area contributed by atoms with Crippen LogP contribution in [-0.2, 0) is 25.6 Å². The lowest BCUT2D eigenvalue weighted by Gasteiger charge is -2.21. The quantitative estimate of drug-likeness (QED) is 0.360. The Morgan fingerprint density at radius 1 is 0.933 bits per heavy atom. The first-order chi connectivity index (χ1) is 14.3. The molecule has 0 unspecified atom stereocenters. The van der Waals surface area contributed by atoms with Crippen LogP contribution in [0, 0.1) is 0 Å². The molecule has 2 atom stereocenters. The maximum Gasteiger partial charge on any atom is 0.326 e. The van der Waals surface area contributed by atoms with Crippen LogP contribution in [0.25, 0.3) is 10.8 Å². The molecular weight excluding hydrogens is 390 g/mol. The number of hydrogen-bond donors (Lipinski definition) is 5. The predicted octanol–water partition coefficient (Wildman–Crippen LogP) is 0.650. The number of benzene rings is 2. The predicted molar refractivity (Wildman–Crippen MR) is 110 cm³/mol. The van der Waals surface area contributed by atoms with Gasteiger partial charge in [-0.3, -0.25) is 14.4 Å². The van der Waals surface area contributed by atoms with Crippen LogP contribution >= 0.6 is 0 Å². The minimum absolute atomic E-state index is 0.0330. The number of carbonyl (C=O) groups excluding carboxylic acids is 2. The summed E-state index contributed by atoms with van der Waals surface area (Å²) in [5, 5.41) is 24.6. The van der Waals surface area contributed by atoms with Crippen molar-refractivity contribution in [3.8, 4) is 0 Å². The van der Waals surface area contributed by atoms with Crippen LogP contribution in [0.2, 0.25) is 0 Å². The molecule has 9 heteroatoms. The minimum Gasteiger partial charge on any atom is -0.481 e. The van der Waals surface area contributed by atoms with Gasteiger partial charge < -0.3 is 26.6 Å². The smallest absolute Gasteiger partial charge is 0.326 e. The van der Waals surface area contributed by atoms with E-state index in [0.717, 1.165) is 16.3 Å². The summed E-state index contributed by atoms with van der Waals surface area (Å²) in [6, 6.07) is 10.6. The van der Waals surface area contributed by atoms with E-state index in [0.29, 0.717) is 6.42 Å². The SMILES string of the molecule is NCCC[C@H](NC(=O)Cc1cccc2ccccc12)C(=O)N[C@@H](CC(=O)O)C(=O)O. The molecule has 9 nitrogen and oxygen atoms in total. The number of carboxylic acid groups (broad SMARTS) is 2. The molecule has 2 rings (SSSR count). The molecule has 0 fully saturated rings. The molecule has 0 heterocycles. The van der Waals surface area contributed by atoms with Crippen molar-refractivity contribution in [2.75, 3.05) is 6.54 Å². The van der Waals surface area contributed by atoms with Crippen molar-refractivity contribution in [3.05, 3.63) is 48.0 Å². The summed E-state index contributed by atoms with van der Waals surface area (Å²) in [4.78, 5) is 47.2. The first kappa shape index (κ1) is 22.8. The van der Waals surface area contributed by atoms with Gasteiger partial charge in [-0.25, -0.2) is 4.79 Å². The molecule has 0 aliphatic heterocycles. The zero-order valence-corrected chi connectivity index (χ0v) is 16.3. The van der Waals surface area contributed by atoms with Gasteiger partial charge in [0.05, 0.1) is 12.8 Å². The van der Waals surface area contributed by atoms with Crippen molar-refractivity contribution in [2.24, 2.45) is 5.73 Å². The second-order valence-corrected chi connectivity index (χ2v) is 6.86. The summed E-state index contributed by atoms with van der Waals surface area (Å²) in [5.74, 6) is -4.00. The van der Waals surface area contributed by atoms with Crippen LogP contribution in [-0.4, -0.2) is 52.6 Å². The number of fused-ring (bicyclic) bond motifs is 1. The van der Waals surface area contributed by atoms with E-state index >= 15 is 0 Å². The molecule has 0 spiro atoms. The van der Waals surface area contributed by atoms with Gasteiger partial charge in [-0.1, -0.05) is 42.5 Å². The minimum atomic E-state index is -1.59. The molecule has 160 valence electrons. The zero-order chi connectivity index (χ0) is 22.1. The maximum atomic E-state index is 12.6. The van der Waals surface area contributed by atoms with Crippen LogP contribution in [0.1, 0.15) is 24.8 Å². The van der Waals surface area contributed by atoms with Gasteiger partial charge in [-0.05, 0) is 35.7 Å². The molecule has 2 aromatic rings. The van der Waals surface area contributed by atoms with E-state index < -0.39 is 42.3 Å². The fraction of sp³-hybridized carbons (Fsp3) is 0.333. The first-order valence-corrected chi connectivity index (χ1v) is 9.53. The molecule has 0 radical (unpaired) electrons. The Balaban J connectivity index is 2.10. The lowest BCUT2D eigenvalue weighted by Crippen LogP contribution is -2.52. The highest BCUT2D eigenvalue weighted by Gasteiger charge is 2.28. The van der Waals surface area contributed by atoms with Crippen LogP contribution in [0.3, 0.4) is 0 Å². The van der Waals surface area contributed by atoms with Gasteiger partial charge in [0.25, 0.3) is 0 Å².